The van der Waals surface area contributed by atoms with Crippen LogP contribution in [0.3, 0.4) is 0 Å². The molecule has 1 saturated heterocycles. The molecule has 2 aliphatic rings. The Bertz CT molecular complexity index is 248. The minimum Gasteiger partial charge on any atom is -0.388 e. The minimum atomic E-state index is -0.624. The number of carbonyl (C=O) groups is 1. The highest BCUT2D eigenvalue weighted by atomic mass is 16.5. The van der Waals surface area contributed by atoms with Crippen LogP contribution in [0.25, 0.3) is 0 Å². The molecular weight excluding hydrogens is 208 g/mol. The van der Waals surface area contributed by atoms with Gasteiger partial charge in [-0.25, -0.2) is 0 Å². The molecule has 0 radical (unpaired) electrons. The average molecular weight is 228 g/mol. The Labute approximate surface area is 95.8 Å². The van der Waals surface area contributed by atoms with Crippen molar-refractivity contribution < 1.29 is 14.6 Å². The van der Waals surface area contributed by atoms with Crippen LogP contribution in [0.5, 0.6) is 0 Å². The first-order chi connectivity index (χ1) is 7.68. The summed E-state index contributed by atoms with van der Waals surface area (Å²) in [6.07, 6.45) is 2.69. The fourth-order valence-electron chi connectivity index (χ4n) is 2.04. The van der Waals surface area contributed by atoms with Gasteiger partial charge in [-0.2, -0.15) is 0 Å². The van der Waals surface area contributed by atoms with Crippen molar-refractivity contribution in [2.24, 2.45) is 0 Å². The molecule has 1 aliphatic heterocycles. The number of nitrogens with one attached hydrogen (secondary N) is 1. The lowest BCUT2D eigenvalue weighted by Gasteiger charge is -2.36. The lowest BCUT2D eigenvalue weighted by molar-refractivity contribution is -0.125. The number of aliphatic hydroxyl groups is 1. The summed E-state index contributed by atoms with van der Waals surface area (Å²) in [4.78, 5) is 13.7. The number of hydrogen-bond acceptors (Lipinski definition) is 4. The highest BCUT2D eigenvalue weighted by Crippen LogP contribution is 2.30. The maximum Gasteiger partial charge on any atom is 0.234 e. The number of morpholine rings is 1. The molecule has 16 heavy (non-hydrogen) atoms. The minimum absolute atomic E-state index is 0.00206. The molecule has 0 unspecified atom stereocenters. The van der Waals surface area contributed by atoms with E-state index in [1.165, 1.54) is 0 Å². The van der Waals surface area contributed by atoms with E-state index < -0.39 is 5.60 Å². The average Bonchev–Trinajstić information content (AvgIpc) is 2.25. The van der Waals surface area contributed by atoms with E-state index in [2.05, 4.69) is 10.2 Å². The molecule has 0 aromatic heterocycles. The van der Waals surface area contributed by atoms with Crippen molar-refractivity contribution in [3.05, 3.63) is 0 Å². The summed E-state index contributed by atoms with van der Waals surface area (Å²) in [6, 6.07) is 0. The highest BCUT2D eigenvalue weighted by Gasteiger charge is 2.34. The summed E-state index contributed by atoms with van der Waals surface area (Å²) in [5, 5.41) is 12.6. The predicted octanol–water partition coefficient (Wildman–Crippen LogP) is -0.650. The van der Waals surface area contributed by atoms with Crippen molar-refractivity contribution in [1.29, 1.82) is 0 Å². The summed E-state index contributed by atoms with van der Waals surface area (Å²) < 4.78 is 5.21. The summed E-state index contributed by atoms with van der Waals surface area (Å²) in [6.45, 7) is 3.86. The van der Waals surface area contributed by atoms with Crippen molar-refractivity contribution >= 4 is 5.91 Å². The molecule has 2 rings (SSSR count). The number of ether oxygens (including phenoxy) is 1. The third kappa shape index (κ3) is 3.17. The molecule has 0 bridgehead atoms. The Morgan fingerprint density at radius 1 is 1.38 bits per heavy atom. The van der Waals surface area contributed by atoms with E-state index in [0.29, 0.717) is 26.3 Å². The van der Waals surface area contributed by atoms with Crippen LogP contribution in [0.1, 0.15) is 19.3 Å². The first-order valence-corrected chi connectivity index (χ1v) is 5.97. The van der Waals surface area contributed by atoms with Gasteiger partial charge in [-0.15, -0.1) is 0 Å². The van der Waals surface area contributed by atoms with Crippen LogP contribution in [-0.2, 0) is 9.53 Å². The van der Waals surface area contributed by atoms with Gasteiger partial charge in [-0.3, -0.25) is 9.69 Å². The maximum absolute atomic E-state index is 11.6. The second-order valence-corrected chi connectivity index (χ2v) is 4.74. The van der Waals surface area contributed by atoms with Crippen LogP contribution in [0.15, 0.2) is 0 Å². The van der Waals surface area contributed by atoms with E-state index in [1.807, 2.05) is 0 Å². The second-order valence-electron chi connectivity index (χ2n) is 4.74. The number of carbonyl (C=O) groups excluding carboxylic acids is 1. The van der Waals surface area contributed by atoms with Crippen molar-refractivity contribution in [3.8, 4) is 0 Å². The molecule has 0 atom stereocenters. The Kier molecular flexibility index (Phi) is 3.78. The van der Waals surface area contributed by atoms with E-state index in [-0.39, 0.29) is 5.91 Å². The van der Waals surface area contributed by atoms with Gasteiger partial charge >= 0.3 is 0 Å². The number of rotatable bonds is 4. The van der Waals surface area contributed by atoms with E-state index >= 15 is 0 Å². The third-order valence-corrected chi connectivity index (χ3v) is 3.37. The Hall–Kier alpha value is -0.650. The summed E-state index contributed by atoms with van der Waals surface area (Å²) >= 11 is 0. The monoisotopic (exact) mass is 228 g/mol. The van der Waals surface area contributed by atoms with Crippen molar-refractivity contribution in [1.82, 2.24) is 10.2 Å². The lowest BCUT2D eigenvalue weighted by Crippen LogP contribution is -2.50. The van der Waals surface area contributed by atoms with Gasteiger partial charge in [0.15, 0.2) is 0 Å². The van der Waals surface area contributed by atoms with E-state index in [1.54, 1.807) is 0 Å². The van der Waals surface area contributed by atoms with Gasteiger partial charge in [0.2, 0.25) is 5.91 Å². The lowest BCUT2D eigenvalue weighted by atomic mass is 9.80. The molecule has 0 aromatic carbocycles. The van der Waals surface area contributed by atoms with Crippen LogP contribution in [0.4, 0.5) is 0 Å². The highest BCUT2D eigenvalue weighted by molar-refractivity contribution is 5.78. The third-order valence-electron chi connectivity index (χ3n) is 3.37. The summed E-state index contributed by atoms with van der Waals surface area (Å²) in [5.74, 6) is 0.00206. The van der Waals surface area contributed by atoms with Crippen LogP contribution in [-0.4, -0.2) is 60.9 Å². The van der Waals surface area contributed by atoms with Crippen LogP contribution in [0.2, 0.25) is 0 Å². The Balaban J connectivity index is 1.63. The largest absolute Gasteiger partial charge is 0.388 e. The van der Waals surface area contributed by atoms with Gasteiger partial charge < -0.3 is 15.2 Å². The molecule has 0 spiro atoms. The normalized spacial score (nSPS) is 24.8. The molecule has 1 heterocycles. The van der Waals surface area contributed by atoms with E-state index in [9.17, 15) is 9.90 Å². The first-order valence-electron chi connectivity index (χ1n) is 5.97. The Morgan fingerprint density at radius 2 is 2.06 bits per heavy atom. The smallest absolute Gasteiger partial charge is 0.234 e. The zero-order chi connectivity index (χ0) is 11.4. The molecule has 1 aliphatic carbocycles. The van der Waals surface area contributed by atoms with Gasteiger partial charge in [0.25, 0.3) is 0 Å². The number of nitrogens with zero attached hydrogens (tertiary/aromatic N) is 1. The van der Waals surface area contributed by atoms with E-state index in [0.717, 1.165) is 32.4 Å². The summed E-state index contributed by atoms with van der Waals surface area (Å²) in [7, 11) is 0. The standard InChI is InChI=1S/C11H20N2O3/c14-10(8-13-4-6-16-7-5-13)12-9-11(15)2-1-3-11/h15H,1-9H2,(H,12,14). The van der Waals surface area contributed by atoms with Crippen LogP contribution >= 0.6 is 0 Å². The van der Waals surface area contributed by atoms with Crippen molar-refractivity contribution in [2.45, 2.75) is 24.9 Å². The van der Waals surface area contributed by atoms with Gasteiger partial charge in [0.1, 0.15) is 0 Å². The Morgan fingerprint density at radius 3 is 2.62 bits per heavy atom. The molecular formula is C11H20N2O3. The fraction of sp³-hybridized carbons (Fsp3) is 0.909. The second kappa shape index (κ2) is 5.12. The molecule has 5 heteroatoms. The molecule has 2 fully saturated rings. The molecule has 92 valence electrons. The fourth-order valence-corrected chi connectivity index (χ4v) is 2.04. The maximum atomic E-state index is 11.6. The van der Waals surface area contributed by atoms with Crippen LogP contribution < -0.4 is 5.32 Å². The predicted molar refractivity (Wildman–Crippen MR) is 59.1 cm³/mol. The zero-order valence-electron chi connectivity index (χ0n) is 9.57. The van der Waals surface area contributed by atoms with Crippen LogP contribution in [0, 0.1) is 0 Å². The number of hydrogen-bond donors (Lipinski definition) is 2. The van der Waals surface area contributed by atoms with Gasteiger partial charge in [0.05, 0.1) is 25.4 Å². The summed E-state index contributed by atoms with van der Waals surface area (Å²) in [5.41, 5.74) is -0.624. The molecule has 2 N–H and O–H groups in total. The molecule has 0 aromatic rings. The van der Waals surface area contributed by atoms with Gasteiger partial charge in [-0.05, 0) is 19.3 Å². The SMILES string of the molecule is O=C(CN1CCOCC1)NCC1(O)CCC1. The van der Waals surface area contributed by atoms with Crippen molar-refractivity contribution in [2.75, 3.05) is 39.4 Å². The number of amides is 1. The van der Waals surface area contributed by atoms with Gasteiger partial charge in [0, 0.05) is 19.6 Å². The van der Waals surface area contributed by atoms with E-state index in [4.69, 9.17) is 4.74 Å². The topological polar surface area (TPSA) is 61.8 Å². The zero-order valence-corrected chi connectivity index (χ0v) is 9.57. The van der Waals surface area contributed by atoms with Gasteiger partial charge in [-0.1, -0.05) is 0 Å². The molecule has 1 amide bonds. The molecule has 1 saturated carbocycles. The van der Waals surface area contributed by atoms with Crippen molar-refractivity contribution in [3.63, 3.8) is 0 Å². The molecule has 5 nitrogen and oxygen atoms in total. The first kappa shape index (κ1) is 11.8. The quantitative estimate of drug-likeness (QED) is 0.671.